The van der Waals surface area contributed by atoms with Crippen molar-refractivity contribution in [2.24, 2.45) is 0 Å². The van der Waals surface area contributed by atoms with Gasteiger partial charge in [0.15, 0.2) is 5.60 Å². The van der Waals surface area contributed by atoms with E-state index in [9.17, 15) is 4.79 Å². The zero-order chi connectivity index (χ0) is 26.2. The number of carbonyl (C=O) groups is 1. The molecule has 0 fully saturated rings. The molecule has 6 nitrogen and oxygen atoms in total. The molecule has 0 unspecified atom stereocenters. The molecule has 37 heavy (non-hydrogen) atoms. The molecule has 6 heteroatoms. The Labute approximate surface area is 216 Å². The molecule has 1 aliphatic rings. The molecular weight excluding hydrogens is 466 g/mol. The van der Waals surface area contributed by atoms with Crippen molar-refractivity contribution < 1.29 is 23.7 Å². The highest BCUT2D eigenvalue weighted by atomic mass is 16.5. The Morgan fingerprint density at radius 2 is 1.41 bits per heavy atom. The summed E-state index contributed by atoms with van der Waals surface area (Å²) in [4.78, 5) is 14.8. The van der Waals surface area contributed by atoms with Crippen LogP contribution in [0.4, 0.5) is 5.69 Å². The van der Waals surface area contributed by atoms with Gasteiger partial charge in [-0.25, -0.2) is 4.79 Å². The summed E-state index contributed by atoms with van der Waals surface area (Å²) in [6.07, 6.45) is 3.95. The smallest absolute Gasteiger partial charge is 0.338 e. The van der Waals surface area contributed by atoms with Gasteiger partial charge in [0.05, 0.1) is 26.9 Å². The minimum atomic E-state index is -0.957. The lowest BCUT2D eigenvalue weighted by molar-refractivity contribution is 0.0599. The molecule has 0 atom stereocenters. The van der Waals surface area contributed by atoms with Crippen LogP contribution in [0, 0.1) is 0 Å². The Kier molecular flexibility index (Phi) is 6.25. The quantitative estimate of drug-likeness (QED) is 0.303. The summed E-state index contributed by atoms with van der Waals surface area (Å²) in [6.45, 7) is 0. The molecule has 1 heterocycles. The number of esters is 1. The second-order valence-electron chi connectivity index (χ2n) is 9.09. The van der Waals surface area contributed by atoms with E-state index in [1.807, 2.05) is 97.9 Å². The van der Waals surface area contributed by atoms with Crippen molar-refractivity contribution in [1.82, 2.24) is 0 Å². The van der Waals surface area contributed by atoms with Crippen LogP contribution in [0.15, 0.2) is 78.9 Å². The van der Waals surface area contributed by atoms with E-state index in [0.717, 1.165) is 39.1 Å². The fraction of sp³-hybridized carbons (Fsp3) is 0.194. The molecular formula is C31H29NO5. The third-order valence-electron chi connectivity index (χ3n) is 6.82. The Balaban J connectivity index is 1.79. The number of benzene rings is 4. The molecule has 0 amide bonds. The van der Waals surface area contributed by atoms with Crippen LogP contribution in [0.2, 0.25) is 0 Å². The maximum Gasteiger partial charge on any atom is 0.338 e. The van der Waals surface area contributed by atoms with E-state index >= 15 is 0 Å². The van der Waals surface area contributed by atoms with Crippen LogP contribution in [-0.4, -0.2) is 41.4 Å². The lowest BCUT2D eigenvalue weighted by Gasteiger charge is -2.37. The maximum absolute atomic E-state index is 12.8. The molecule has 4 aromatic carbocycles. The van der Waals surface area contributed by atoms with E-state index < -0.39 is 11.6 Å². The number of hydrogen-bond acceptors (Lipinski definition) is 6. The average molecular weight is 496 g/mol. The molecule has 0 saturated carbocycles. The molecule has 0 radical (unpaired) electrons. The molecule has 4 aromatic rings. The first-order valence-corrected chi connectivity index (χ1v) is 11.9. The number of rotatable bonds is 6. The molecule has 0 N–H and O–H groups in total. The van der Waals surface area contributed by atoms with Crippen LogP contribution in [0.5, 0.6) is 17.2 Å². The Hall–Kier alpha value is -4.45. The first-order chi connectivity index (χ1) is 17.9. The number of methoxy groups -OCH3 is 3. The summed E-state index contributed by atoms with van der Waals surface area (Å²) in [6, 6.07) is 23.6. The molecule has 188 valence electrons. The van der Waals surface area contributed by atoms with Crippen LogP contribution < -0.4 is 19.1 Å². The number of carbonyl (C=O) groups excluding carboxylic acids is 1. The van der Waals surface area contributed by atoms with E-state index in [1.54, 1.807) is 14.2 Å². The van der Waals surface area contributed by atoms with Crippen LogP contribution >= 0.6 is 0 Å². The number of nitrogens with zero attached hydrogens (tertiary/aromatic N) is 1. The monoisotopic (exact) mass is 495 g/mol. The third kappa shape index (κ3) is 4.14. The van der Waals surface area contributed by atoms with Crippen molar-refractivity contribution in [3.63, 3.8) is 0 Å². The van der Waals surface area contributed by atoms with Crippen molar-refractivity contribution in [3.8, 4) is 17.2 Å². The van der Waals surface area contributed by atoms with Crippen LogP contribution in [0.3, 0.4) is 0 Å². The first kappa shape index (κ1) is 24.3. The lowest BCUT2D eigenvalue weighted by Crippen LogP contribution is -2.34. The van der Waals surface area contributed by atoms with Gasteiger partial charge in [-0.05, 0) is 60.0 Å². The van der Waals surface area contributed by atoms with Crippen LogP contribution in [-0.2, 0) is 10.3 Å². The topological polar surface area (TPSA) is 57.2 Å². The normalized spacial score (nSPS) is 13.4. The number of anilines is 1. The van der Waals surface area contributed by atoms with Gasteiger partial charge in [-0.3, -0.25) is 0 Å². The summed E-state index contributed by atoms with van der Waals surface area (Å²) in [7, 11) is 8.67. The number of hydrogen-bond donors (Lipinski definition) is 0. The van der Waals surface area contributed by atoms with Gasteiger partial charge in [0, 0.05) is 41.9 Å². The van der Waals surface area contributed by atoms with Gasteiger partial charge in [0.25, 0.3) is 0 Å². The van der Waals surface area contributed by atoms with E-state index in [4.69, 9.17) is 18.9 Å². The highest BCUT2D eigenvalue weighted by molar-refractivity contribution is 6.04. The molecule has 1 aliphatic heterocycles. The maximum atomic E-state index is 12.8. The van der Waals surface area contributed by atoms with Crippen molar-refractivity contribution in [3.05, 3.63) is 101 Å². The molecule has 0 spiro atoms. The lowest BCUT2D eigenvalue weighted by atomic mass is 9.82. The second kappa shape index (κ2) is 9.54. The zero-order valence-electron chi connectivity index (χ0n) is 21.6. The van der Waals surface area contributed by atoms with Gasteiger partial charge >= 0.3 is 5.97 Å². The Bertz CT molecular complexity index is 1440. The summed E-state index contributed by atoms with van der Waals surface area (Å²) < 4.78 is 22.9. The fourth-order valence-corrected chi connectivity index (χ4v) is 4.75. The predicted octanol–water partition coefficient (Wildman–Crippen LogP) is 6.06. The van der Waals surface area contributed by atoms with E-state index in [1.165, 1.54) is 7.11 Å². The summed E-state index contributed by atoms with van der Waals surface area (Å²) in [5, 5.41) is 1.79. The molecule has 0 saturated heterocycles. The minimum Gasteiger partial charge on any atom is -0.497 e. The van der Waals surface area contributed by atoms with E-state index in [2.05, 4.69) is 6.07 Å². The number of fused-ring (bicyclic) bond motifs is 3. The number of ether oxygens (including phenoxy) is 4. The highest BCUT2D eigenvalue weighted by Gasteiger charge is 2.39. The summed E-state index contributed by atoms with van der Waals surface area (Å²) in [5.41, 5.74) is 3.05. The van der Waals surface area contributed by atoms with Crippen molar-refractivity contribution in [1.29, 1.82) is 0 Å². The van der Waals surface area contributed by atoms with Gasteiger partial charge in [0.1, 0.15) is 17.2 Å². The molecule has 5 rings (SSSR count). The third-order valence-corrected chi connectivity index (χ3v) is 6.82. The average Bonchev–Trinajstić information content (AvgIpc) is 2.95. The van der Waals surface area contributed by atoms with Crippen LogP contribution in [0.1, 0.15) is 27.0 Å². The van der Waals surface area contributed by atoms with Crippen molar-refractivity contribution >= 4 is 28.5 Å². The predicted molar refractivity (Wildman–Crippen MR) is 146 cm³/mol. The van der Waals surface area contributed by atoms with Crippen molar-refractivity contribution in [2.45, 2.75) is 5.60 Å². The van der Waals surface area contributed by atoms with Gasteiger partial charge < -0.3 is 23.8 Å². The minimum absolute atomic E-state index is 0.413. The molecule has 0 aliphatic carbocycles. The largest absolute Gasteiger partial charge is 0.497 e. The van der Waals surface area contributed by atoms with E-state index in [-0.39, 0.29) is 0 Å². The Morgan fingerprint density at radius 3 is 1.92 bits per heavy atom. The van der Waals surface area contributed by atoms with Gasteiger partial charge in [-0.15, -0.1) is 0 Å². The van der Waals surface area contributed by atoms with Gasteiger partial charge in [-0.1, -0.05) is 30.3 Å². The first-order valence-electron chi connectivity index (χ1n) is 11.9. The van der Waals surface area contributed by atoms with Gasteiger partial charge in [-0.2, -0.15) is 0 Å². The van der Waals surface area contributed by atoms with Gasteiger partial charge in [0.2, 0.25) is 0 Å². The van der Waals surface area contributed by atoms with Crippen molar-refractivity contribution in [2.75, 3.05) is 40.3 Å². The molecule has 0 aromatic heterocycles. The standard InChI is InChI=1S/C31H29NO5/c1-32(2)23-11-6-20-18-28(30(33)36-5)26-16-17-31(37-29(26)27(20)19-23,21-7-12-24(34-3)13-8-21)22-9-14-25(35-4)15-10-22/h6-19H,1-5H3. The fourth-order valence-electron chi connectivity index (χ4n) is 4.75. The van der Waals surface area contributed by atoms with Crippen LogP contribution in [0.25, 0.3) is 16.8 Å². The molecule has 0 bridgehead atoms. The summed E-state index contributed by atoms with van der Waals surface area (Å²) >= 11 is 0. The Morgan fingerprint density at radius 1 is 0.811 bits per heavy atom. The summed E-state index contributed by atoms with van der Waals surface area (Å²) in [5.74, 6) is 1.71. The van der Waals surface area contributed by atoms with E-state index in [0.29, 0.717) is 16.9 Å². The zero-order valence-corrected chi connectivity index (χ0v) is 21.6. The SMILES string of the molecule is COC(=O)c1cc2ccc(N(C)C)cc2c2c1C=CC(c1ccc(OC)cc1)(c1ccc(OC)cc1)O2. The second-order valence-corrected chi connectivity index (χ2v) is 9.09. The highest BCUT2D eigenvalue weighted by Crippen LogP contribution is 2.47.